The Balaban J connectivity index is 1.25. The predicted molar refractivity (Wildman–Crippen MR) is 135 cm³/mol. The van der Waals surface area contributed by atoms with Gasteiger partial charge in [-0.25, -0.2) is 4.39 Å². The van der Waals surface area contributed by atoms with Crippen LogP contribution in [0, 0.1) is 11.7 Å². The zero-order chi connectivity index (χ0) is 26.2. The van der Waals surface area contributed by atoms with Gasteiger partial charge in [0.05, 0.1) is 23.5 Å². The normalized spacial score (nSPS) is 19.6. The van der Waals surface area contributed by atoms with Crippen LogP contribution in [0.5, 0.6) is 5.75 Å². The Labute approximate surface area is 213 Å². The molecular formula is C29H28F4N2O2. The number of rotatable bonds is 4. The number of nitrogens with zero attached hydrogens (tertiary/aromatic N) is 1. The van der Waals surface area contributed by atoms with Crippen molar-refractivity contribution in [2.45, 2.75) is 37.8 Å². The van der Waals surface area contributed by atoms with E-state index in [2.05, 4.69) is 47.6 Å². The first-order chi connectivity index (χ1) is 17.7. The highest BCUT2D eigenvalue weighted by Gasteiger charge is 2.32. The van der Waals surface area contributed by atoms with Crippen molar-refractivity contribution in [3.63, 3.8) is 0 Å². The standard InChI is InChI=1S/C29H28F4N2O2/c1-35-13-14-37-27-12-9-21(16-26(27)35)19-7-5-18(6-8-19)20-3-2-4-22(15-20)28(36)34-25-11-10-23(17-24(25)30)29(31,32)33/h5-12,16-17,20,22H,2-4,13-15H2,1H3,(H,34,36). The molecule has 2 atom stereocenters. The first-order valence-electron chi connectivity index (χ1n) is 12.4. The van der Waals surface area contributed by atoms with Gasteiger partial charge in [0, 0.05) is 13.0 Å². The molecule has 1 amide bonds. The third-order valence-electron chi connectivity index (χ3n) is 7.37. The average molecular weight is 513 g/mol. The van der Waals surface area contributed by atoms with Gasteiger partial charge in [0.1, 0.15) is 18.2 Å². The molecule has 0 bridgehead atoms. The van der Waals surface area contributed by atoms with Crippen molar-refractivity contribution in [2.24, 2.45) is 5.92 Å². The van der Waals surface area contributed by atoms with Crippen LogP contribution in [0.2, 0.25) is 0 Å². The van der Waals surface area contributed by atoms with Crippen LogP contribution in [0.15, 0.2) is 60.7 Å². The number of hydrogen-bond acceptors (Lipinski definition) is 3. The van der Waals surface area contributed by atoms with E-state index in [0.29, 0.717) is 25.5 Å². The van der Waals surface area contributed by atoms with Gasteiger partial charge in [-0.1, -0.05) is 36.8 Å². The number of carbonyl (C=O) groups excluding carboxylic acids is 1. The molecule has 1 fully saturated rings. The monoisotopic (exact) mass is 512 g/mol. The topological polar surface area (TPSA) is 41.6 Å². The summed E-state index contributed by atoms with van der Waals surface area (Å²) < 4.78 is 58.4. The van der Waals surface area contributed by atoms with Crippen LogP contribution in [-0.2, 0) is 11.0 Å². The van der Waals surface area contributed by atoms with Crippen LogP contribution in [0.25, 0.3) is 11.1 Å². The van der Waals surface area contributed by atoms with E-state index in [1.54, 1.807) is 0 Å². The molecule has 3 aromatic carbocycles. The number of carbonyl (C=O) groups is 1. The van der Waals surface area contributed by atoms with Crippen molar-refractivity contribution >= 4 is 17.3 Å². The Hall–Kier alpha value is -3.55. The van der Waals surface area contributed by atoms with Crippen molar-refractivity contribution < 1.29 is 27.1 Å². The largest absolute Gasteiger partial charge is 0.490 e. The van der Waals surface area contributed by atoms with E-state index < -0.39 is 17.6 Å². The number of alkyl halides is 3. The van der Waals surface area contributed by atoms with Gasteiger partial charge in [0.25, 0.3) is 0 Å². The number of halogens is 4. The average Bonchev–Trinajstić information content (AvgIpc) is 2.89. The third-order valence-corrected chi connectivity index (χ3v) is 7.37. The van der Waals surface area contributed by atoms with Gasteiger partial charge in [-0.15, -0.1) is 0 Å². The number of ether oxygens (including phenoxy) is 1. The van der Waals surface area contributed by atoms with Crippen molar-refractivity contribution in [3.05, 3.63) is 77.6 Å². The summed E-state index contributed by atoms with van der Waals surface area (Å²) in [4.78, 5) is 15.0. The van der Waals surface area contributed by atoms with Gasteiger partial charge in [-0.05, 0) is 72.2 Å². The maximum Gasteiger partial charge on any atom is 0.416 e. The van der Waals surface area contributed by atoms with E-state index in [1.807, 2.05) is 12.1 Å². The van der Waals surface area contributed by atoms with Gasteiger partial charge < -0.3 is 15.0 Å². The molecule has 194 valence electrons. The molecule has 8 heteroatoms. The SMILES string of the molecule is CN1CCOc2ccc(-c3ccc(C4CCCC(C(=O)Nc5ccc(C(F)(F)F)cc5F)C4)cc3)cc21. The smallest absolute Gasteiger partial charge is 0.416 e. The fraction of sp³-hybridized carbons (Fsp3) is 0.345. The molecule has 0 aromatic heterocycles. The van der Waals surface area contributed by atoms with Gasteiger partial charge in [-0.3, -0.25) is 4.79 Å². The molecule has 1 heterocycles. The van der Waals surface area contributed by atoms with Crippen LogP contribution >= 0.6 is 0 Å². The minimum atomic E-state index is -4.64. The number of likely N-dealkylation sites (N-methyl/N-ethyl adjacent to an activating group) is 1. The highest BCUT2D eigenvalue weighted by atomic mass is 19.4. The van der Waals surface area contributed by atoms with E-state index in [9.17, 15) is 22.4 Å². The summed E-state index contributed by atoms with van der Waals surface area (Å²) in [5.41, 5.74) is 3.08. The van der Waals surface area contributed by atoms with Crippen LogP contribution < -0.4 is 15.0 Å². The maximum absolute atomic E-state index is 14.2. The minimum Gasteiger partial charge on any atom is -0.490 e. The molecule has 1 N–H and O–H groups in total. The van der Waals surface area contributed by atoms with E-state index in [-0.39, 0.29) is 23.4 Å². The molecule has 0 saturated heterocycles. The Morgan fingerprint density at radius 2 is 1.76 bits per heavy atom. The molecule has 0 radical (unpaired) electrons. The molecule has 4 nitrogen and oxygen atoms in total. The summed E-state index contributed by atoms with van der Waals surface area (Å²) >= 11 is 0. The lowest BCUT2D eigenvalue weighted by molar-refractivity contribution is -0.137. The van der Waals surface area contributed by atoms with Gasteiger partial charge >= 0.3 is 6.18 Å². The molecule has 2 unspecified atom stereocenters. The third kappa shape index (κ3) is 5.43. The fourth-order valence-corrected chi connectivity index (χ4v) is 5.24. The van der Waals surface area contributed by atoms with E-state index in [1.165, 1.54) is 0 Å². The van der Waals surface area contributed by atoms with Gasteiger partial charge in [0.15, 0.2) is 0 Å². The minimum absolute atomic E-state index is 0.180. The van der Waals surface area contributed by atoms with Crippen LogP contribution in [0.4, 0.5) is 28.9 Å². The zero-order valence-electron chi connectivity index (χ0n) is 20.4. The van der Waals surface area contributed by atoms with E-state index >= 15 is 0 Å². The number of amides is 1. The molecule has 1 saturated carbocycles. The highest BCUT2D eigenvalue weighted by Crippen LogP contribution is 2.39. The van der Waals surface area contributed by atoms with E-state index in [4.69, 9.17) is 4.74 Å². The summed E-state index contributed by atoms with van der Waals surface area (Å²) in [6.45, 7) is 1.52. The summed E-state index contributed by atoms with van der Waals surface area (Å²) in [5.74, 6) is -0.723. The number of nitrogens with one attached hydrogen (secondary N) is 1. The highest BCUT2D eigenvalue weighted by molar-refractivity contribution is 5.92. The fourth-order valence-electron chi connectivity index (χ4n) is 5.24. The number of fused-ring (bicyclic) bond motifs is 1. The van der Waals surface area contributed by atoms with Crippen molar-refractivity contribution in [2.75, 3.05) is 30.4 Å². The molecule has 1 aliphatic carbocycles. The molecular weight excluding hydrogens is 484 g/mol. The van der Waals surface area contributed by atoms with Crippen LogP contribution in [-0.4, -0.2) is 26.1 Å². The first kappa shape index (κ1) is 25.1. The van der Waals surface area contributed by atoms with Crippen molar-refractivity contribution in [1.82, 2.24) is 0 Å². The van der Waals surface area contributed by atoms with Gasteiger partial charge in [0.2, 0.25) is 5.91 Å². The second-order valence-corrected chi connectivity index (χ2v) is 9.82. The molecule has 37 heavy (non-hydrogen) atoms. The number of anilines is 2. The van der Waals surface area contributed by atoms with Crippen LogP contribution in [0.1, 0.15) is 42.7 Å². The summed E-state index contributed by atoms with van der Waals surface area (Å²) in [6.07, 6.45) is -1.59. The lowest BCUT2D eigenvalue weighted by atomic mass is 9.77. The summed E-state index contributed by atoms with van der Waals surface area (Å²) in [5, 5.41) is 2.49. The molecule has 1 aliphatic heterocycles. The van der Waals surface area contributed by atoms with Crippen molar-refractivity contribution in [3.8, 4) is 16.9 Å². The zero-order valence-corrected chi connectivity index (χ0v) is 20.4. The number of benzene rings is 3. The molecule has 3 aromatic rings. The Morgan fingerprint density at radius 1 is 1.00 bits per heavy atom. The van der Waals surface area contributed by atoms with E-state index in [0.717, 1.165) is 59.6 Å². The van der Waals surface area contributed by atoms with Gasteiger partial charge in [-0.2, -0.15) is 13.2 Å². The molecule has 5 rings (SSSR count). The first-order valence-corrected chi connectivity index (χ1v) is 12.4. The second kappa shape index (κ2) is 10.1. The molecule has 2 aliphatic rings. The Kier molecular flexibility index (Phi) is 6.84. The molecule has 0 spiro atoms. The lowest BCUT2D eigenvalue weighted by Crippen LogP contribution is -2.28. The van der Waals surface area contributed by atoms with Crippen LogP contribution in [0.3, 0.4) is 0 Å². The summed E-state index contributed by atoms with van der Waals surface area (Å²) in [6, 6.07) is 16.7. The predicted octanol–water partition coefficient (Wildman–Crippen LogP) is 7.25. The Bertz CT molecular complexity index is 1290. The number of hydrogen-bond donors (Lipinski definition) is 1. The quantitative estimate of drug-likeness (QED) is 0.374. The summed E-state index contributed by atoms with van der Waals surface area (Å²) in [7, 11) is 2.05. The lowest BCUT2D eigenvalue weighted by Gasteiger charge is -2.29. The Morgan fingerprint density at radius 3 is 2.49 bits per heavy atom. The maximum atomic E-state index is 14.2. The second-order valence-electron chi connectivity index (χ2n) is 9.82. The van der Waals surface area contributed by atoms with Crippen molar-refractivity contribution in [1.29, 1.82) is 0 Å².